The van der Waals surface area contributed by atoms with Gasteiger partial charge in [-0.2, -0.15) is 0 Å². The third kappa shape index (κ3) is 3.63. The zero-order chi connectivity index (χ0) is 14.5. The fraction of sp³-hybridized carbons (Fsp3) is 0.647. The number of rotatable bonds is 4. The monoisotopic (exact) mass is 338 g/mol. The van der Waals surface area contributed by atoms with E-state index in [9.17, 15) is 0 Å². The van der Waals surface area contributed by atoms with Crippen LogP contribution < -0.4 is 5.73 Å². The van der Waals surface area contributed by atoms with Crippen LogP contribution in [0, 0.1) is 12.8 Å². The van der Waals surface area contributed by atoms with Crippen molar-refractivity contribution >= 4 is 15.9 Å². The van der Waals surface area contributed by atoms with E-state index in [1.54, 1.807) is 0 Å². The number of nitrogens with zero attached hydrogens (tertiary/aromatic N) is 1. The highest BCUT2D eigenvalue weighted by Crippen LogP contribution is 2.38. The van der Waals surface area contributed by atoms with Crippen LogP contribution in [0.5, 0.6) is 0 Å². The van der Waals surface area contributed by atoms with E-state index in [1.807, 2.05) is 0 Å². The highest BCUT2D eigenvalue weighted by Gasteiger charge is 2.30. The average molecular weight is 339 g/mol. The van der Waals surface area contributed by atoms with Gasteiger partial charge in [-0.25, -0.2) is 0 Å². The molecule has 0 amide bonds. The van der Waals surface area contributed by atoms with E-state index in [2.05, 4.69) is 52.9 Å². The second kappa shape index (κ2) is 7.58. The van der Waals surface area contributed by atoms with E-state index in [0.717, 1.165) is 6.54 Å². The predicted molar refractivity (Wildman–Crippen MR) is 89.9 cm³/mol. The number of hydrogen-bond acceptors (Lipinski definition) is 2. The van der Waals surface area contributed by atoms with Crippen molar-refractivity contribution in [3.63, 3.8) is 0 Å². The van der Waals surface area contributed by atoms with Crippen LogP contribution in [0.25, 0.3) is 0 Å². The number of hydrogen-bond donors (Lipinski definition) is 1. The summed E-state index contributed by atoms with van der Waals surface area (Å²) in [5, 5.41) is 0. The molecule has 0 spiro atoms. The van der Waals surface area contributed by atoms with Crippen LogP contribution in [0.4, 0.5) is 0 Å². The molecule has 0 radical (unpaired) electrons. The van der Waals surface area contributed by atoms with E-state index < -0.39 is 0 Å². The van der Waals surface area contributed by atoms with Gasteiger partial charge in [0.2, 0.25) is 0 Å². The van der Waals surface area contributed by atoms with Crippen LogP contribution in [0.3, 0.4) is 0 Å². The van der Waals surface area contributed by atoms with E-state index in [4.69, 9.17) is 5.73 Å². The van der Waals surface area contributed by atoms with Gasteiger partial charge in [-0.05, 0) is 68.9 Å². The number of benzene rings is 1. The average Bonchev–Trinajstić information content (AvgIpc) is 2.62. The normalized spacial score (nSPS) is 24.6. The molecule has 3 heteroatoms. The van der Waals surface area contributed by atoms with E-state index >= 15 is 0 Å². The van der Waals surface area contributed by atoms with Gasteiger partial charge < -0.3 is 5.73 Å². The molecule has 1 aliphatic heterocycles. The second-order valence-electron chi connectivity index (χ2n) is 6.00. The summed E-state index contributed by atoms with van der Waals surface area (Å²) in [6.07, 6.45) is 5.07. The van der Waals surface area contributed by atoms with E-state index in [-0.39, 0.29) is 0 Å². The Hall–Kier alpha value is -0.380. The highest BCUT2D eigenvalue weighted by atomic mass is 79.9. The lowest BCUT2D eigenvalue weighted by Gasteiger charge is -2.35. The maximum atomic E-state index is 6.10. The van der Waals surface area contributed by atoms with Crippen molar-refractivity contribution < 1.29 is 0 Å². The molecular weight excluding hydrogens is 312 g/mol. The Bertz CT molecular complexity index is 433. The van der Waals surface area contributed by atoms with Gasteiger partial charge in [0, 0.05) is 10.5 Å². The quantitative estimate of drug-likeness (QED) is 0.888. The molecule has 0 aliphatic carbocycles. The van der Waals surface area contributed by atoms with Crippen LogP contribution >= 0.6 is 15.9 Å². The van der Waals surface area contributed by atoms with E-state index in [0.29, 0.717) is 12.0 Å². The minimum atomic E-state index is 0.470. The molecule has 2 N–H and O–H groups in total. The van der Waals surface area contributed by atoms with Crippen molar-refractivity contribution in [2.45, 2.75) is 45.6 Å². The molecule has 1 aliphatic rings. The van der Waals surface area contributed by atoms with Crippen molar-refractivity contribution in [1.29, 1.82) is 0 Å². The minimum absolute atomic E-state index is 0.470. The Balaban J connectivity index is 2.37. The Morgan fingerprint density at radius 3 is 2.80 bits per heavy atom. The lowest BCUT2D eigenvalue weighted by atomic mass is 9.89. The lowest BCUT2D eigenvalue weighted by Crippen LogP contribution is -2.36. The van der Waals surface area contributed by atoms with Gasteiger partial charge >= 0.3 is 0 Å². The van der Waals surface area contributed by atoms with Gasteiger partial charge in [-0.1, -0.05) is 41.4 Å². The van der Waals surface area contributed by atoms with Gasteiger partial charge in [0.05, 0.1) is 0 Å². The number of nitrogens with two attached hydrogens (primary N) is 1. The molecule has 1 fully saturated rings. The molecule has 1 saturated heterocycles. The lowest BCUT2D eigenvalue weighted by molar-refractivity contribution is 0.158. The third-order valence-electron chi connectivity index (χ3n) is 4.40. The summed E-state index contributed by atoms with van der Waals surface area (Å²) < 4.78 is 1.24. The maximum absolute atomic E-state index is 6.10. The molecule has 2 nitrogen and oxygen atoms in total. The summed E-state index contributed by atoms with van der Waals surface area (Å²) in [5.74, 6) is 0.572. The molecule has 2 atom stereocenters. The summed E-state index contributed by atoms with van der Waals surface area (Å²) in [5.41, 5.74) is 8.82. The number of halogens is 1. The Labute approximate surface area is 131 Å². The largest absolute Gasteiger partial charge is 0.330 e. The molecule has 20 heavy (non-hydrogen) atoms. The number of aryl methyl sites for hydroxylation is 1. The van der Waals surface area contributed by atoms with Gasteiger partial charge in [-0.3, -0.25) is 4.90 Å². The summed E-state index contributed by atoms with van der Waals surface area (Å²) >= 11 is 3.78. The molecule has 2 unspecified atom stereocenters. The number of likely N-dealkylation sites (tertiary alicyclic amines) is 1. The van der Waals surface area contributed by atoms with Crippen molar-refractivity contribution in [3.8, 4) is 0 Å². The smallest absolute Gasteiger partial charge is 0.0399 e. The van der Waals surface area contributed by atoms with Gasteiger partial charge in [-0.15, -0.1) is 0 Å². The van der Waals surface area contributed by atoms with Crippen LogP contribution in [-0.2, 0) is 0 Å². The third-order valence-corrected chi connectivity index (χ3v) is 5.09. The summed E-state index contributed by atoms with van der Waals surface area (Å²) in [6, 6.07) is 7.22. The first-order valence-corrected chi connectivity index (χ1v) is 8.66. The van der Waals surface area contributed by atoms with Gasteiger partial charge in [0.25, 0.3) is 0 Å². The van der Waals surface area contributed by atoms with Crippen LogP contribution in [0.1, 0.15) is 49.8 Å². The van der Waals surface area contributed by atoms with Crippen molar-refractivity contribution in [3.05, 3.63) is 33.8 Å². The first kappa shape index (κ1) is 16.0. The first-order valence-electron chi connectivity index (χ1n) is 7.87. The molecule has 2 rings (SSSR count). The SMILES string of the molecule is CCCN1CCCCC(CN)C1c1ccc(C)cc1Br. The van der Waals surface area contributed by atoms with Crippen molar-refractivity contribution in [2.24, 2.45) is 11.7 Å². The maximum Gasteiger partial charge on any atom is 0.0399 e. The zero-order valence-electron chi connectivity index (χ0n) is 12.7. The van der Waals surface area contributed by atoms with Crippen LogP contribution in [0.15, 0.2) is 22.7 Å². The highest BCUT2D eigenvalue weighted by molar-refractivity contribution is 9.10. The second-order valence-corrected chi connectivity index (χ2v) is 6.85. The minimum Gasteiger partial charge on any atom is -0.330 e. The Morgan fingerprint density at radius 2 is 2.15 bits per heavy atom. The first-order chi connectivity index (χ1) is 9.67. The fourth-order valence-corrected chi connectivity index (χ4v) is 4.15. The molecule has 1 aromatic rings. The standard InChI is InChI=1S/C17H27BrN2/c1-3-9-20-10-5-4-6-14(12-19)17(20)15-8-7-13(2)11-16(15)18/h7-8,11,14,17H,3-6,9-10,12,19H2,1-2H3. The van der Waals surface area contributed by atoms with Gasteiger partial charge in [0.1, 0.15) is 0 Å². The molecule has 1 heterocycles. The van der Waals surface area contributed by atoms with Crippen molar-refractivity contribution in [1.82, 2.24) is 4.90 Å². The summed E-state index contributed by atoms with van der Waals surface area (Å²) in [6.45, 7) is 7.57. The topological polar surface area (TPSA) is 29.3 Å². The fourth-order valence-electron chi connectivity index (χ4n) is 3.42. The van der Waals surface area contributed by atoms with Crippen LogP contribution in [0.2, 0.25) is 0 Å². The molecular formula is C17H27BrN2. The molecule has 0 aromatic heterocycles. The summed E-state index contributed by atoms with van der Waals surface area (Å²) in [4.78, 5) is 2.65. The Kier molecular flexibility index (Phi) is 6.06. The molecule has 1 aromatic carbocycles. The Morgan fingerprint density at radius 1 is 1.35 bits per heavy atom. The van der Waals surface area contributed by atoms with Gasteiger partial charge in [0.15, 0.2) is 0 Å². The van der Waals surface area contributed by atoms with Crippen molar-refractivity contribution in [2.75, 3.05) is 19.6 Å². The van der Waals surface area contributed by atoms with Crippen LogP contribution in [-0.4, -0.2) is 24.5 Å². The zero-order valence-corrected chi connectivity index (χ0v) is 14.3. The van der Waals surface area contributed by atoms with E-state index in [1.165, 1.54) is 54.4 Å². The summed E-state index contributed by atoms with van der Waals surface area (Å²) in [7, 11) is 0. The predicted octanol–water partition coefficient (Wildman–Crippen LogP) is 4.27. The molecule has 0 bridgehead atoms. The molecule has 0 saturated carbocycles. The molecule has 112 valence electrons.